The van der Waals surface area contributed by atoms with Crippen molar-refractivity contribution in [1.82, 2.24) is 10.2 Å². The molecule has 0 radical (unpaired) electrons. The van der Waals surface area contributed by atoms with E-state index in [2.05, 4.69) is 16.8 Å². The van der Waals surface area contributed by atoms with Crippen molar-refractivity contribution in [3.63, 3.8) is 0 Å². The summed E-state index contributed by atoms with van der Waals surface area (Å²) in [6.07, 6.45) is -0.140. The molecule has 2 heterocycles. The summed E-state index contributed by atoms with van der Waals surface area (Å²) in [7, 11) is 1.96. The summed E-state index contributed by atoms with van der Waals surface area (Å²) in [5.74, 6) is -2.98. The quantitative estimate of drug-likeness (QED) is 0.150. The summed E-state index contributed by atoms with van der Waals surface area (Å²) in [5.41, 5.74) is 5.38. The molecule has 1 spiro atoms. The van der Waals surface area contributed by atoms with E-state index in [1.54, 1.807) is 12.1 Å². The number of likely N-dealkylation sites (N-methyl/N-ethyl adjacent to an activating group) is 1. The van der Waals surface area contributed by atoms with Crippen LogP contribution in [0.25, 0.3) is 0 Å². The molecular weight excluding hydrogens is 538 g/mol. The Morgan fingerprint density at radius 1 is 1.32 bits per heavy atom. The van der Waals surface area contributed by atoms with Crippen LogP contribution in [0.15, 0.2) is 36.2 Å². The highest BCUT2D eigenvalue weighted by Gasteiger charge is 2.72. The van der Waals surface area contributed by atoms with Gasteiger partial charge in [-0.25, -0.2) is 4.79 Å². The maximum atomic E-state index is 12.8. The van der Waals surface area contributed by atoms with Gasteiger partial charge in [-0.1, -0.05) is 12.6 Å². The van der Waals surface area contributed by atoms with Gasteiger partial charge in [0.25, 0.3) is 6.29 Å². The van der Waals surface area contributed by atoms with E-state index in [0.29, 0.717) is 25.1 Å². The predicted octanol–water partition coefficient (Wildman–Crippen LogP) is -0.240. The number of nitrogens with two attached hydrogens (primary N) is 1. The van der Waals surface area contributed by atoms with Crippen LogP contribution >= 0.6 is 0 Å². The molecule has 1 aromatic carbocycles. The summed E-state index contributed by atoms with van der Waals surface area (Å²) in [6, 6.07) is 2.14. The summed E-state index contributed by atoms with van der Waals surface area (Å²) < 4.78 is 16.5. The van der Waals surface area contributed by atoms with Crippen LogP contribution in [0.1, 0.15) is 43.2 Å². The molecule has 6 atom stereocenters. The third kappa shape index (κ3) is 4.72. The van der Waals surface area contributed by atoms with Crippen LogP contribution in [-0.4, -0.2) is 93.4 Å². The number of phenolic OH excluding ortho intramolecular Hbond substituents is 1. The first-order chi connectivity index (χ1) is 19.4. The fourth-order valence-corrected chi connectivity index (χ4v) is 6.72. The summed E-state index contributed by atoms with van der Waals surface area (Å²) in [6.45, 7) is 4.46. The Morgan fingerprint density at radius 2 is 2.07 bits per heavy atom. The number of carboxylic acid groups (broad SMARTS) is 1. The number of carbonyl (C=O) groups excluding carboxylic acids is 2. The number of rotatable bonds is 11. The molecule has 1 fully saturated rings. The van der Waals surface area contributed by atoms with E-state index in [-0.39, 0.29) is 55.5 Å². The Labute approximate surface area is 236 Å². The zero-order valence-electron chi connectivity index (χ0n) is 22.7. The molecule has 13 heteroatoms. The Hall–Kier alpha value is -3.65. The maximum absolute atomic E-state index is 12.8. The monoisotopic (exact) mass is 573 g/mol. The van der Waals surface area contributed by atoms with Crippen molar-refractivity contribution in [3.05, 3.63) is 47.4 Å². The van der Waals surface area contributed by atoms with Gasteiger partial charge < -0.3 is 50.6 Å². The van der Waals surface area contributed by atoms with Crippen molar-refractivity contribution in [2.75, 3.05) is 20.1 Å². The van der Waals surface area contributed by atoms with Crippen LogP contribution < -0.4 is 15.8 Å². The van der Waals surface area contributed by atoms with Crippen LogP contribution in [0.2, 0.25) is 0 Å². The average Bonchev–Trinajstić information content (AvgIpc) is 3.28. The third-order valence-electron chi connectivity index (χ3n) is 8.80. The molecule has 7 N–H and O–H groups in total. The number of aliphatic carboxylic acids is 1. The minimum absolute atomic E-state index is 0.0686. The number of allylic oxidation sites excluding steroid dienone is 1. The van der Waals surface area contributed by atoms with Gasteiger partial charge in [0.2, 0.25) is 0 Å². The molecule has 13 nitrogen and oxygen atoms in total. The number of phenols is 1. The van der Waals surface area contributed by atoms with Gasteiger partial charge in [0.15, 0.2) is 17.6 Å². The van der Waals surface area contributed by atoms with Gasteiger partial charge >= 0.3 is 17.9 Å². The number of hydrogen-bond acceptors (Lipinski definition) is 12. The summed E-state index contributed by atoms with van der Waals surface area (Å²) in [4.78, 5) is 37.9. The third-order valence-corrected chi connectivity index (χ3v) is 8.80. The molecule has 2 aliphatic heterocycles. The van der Waals surface area contributed by atoms with Crippen molar-refractivity contribution >= 4 is 17.9 Å². The second kappa shape index (κ2) is 10.6. The topological polar surface area (TPSA) is 201 Å². The fourth-order valence-electron chi connectivity index (χ4n) is 6.72. The molecule has 222 valence electrons. The maximum Gasteiger partial charge on any atom is 0.381 e. The second-order valence-corrected chi connectivity index (χ2v) is 11.1. The van der Waals surface area contributed by atoms with Gasteiger partial charge in [0.1, 0.15) is 11.8 Å². The number of esters is 2. The highest BCUT2D eigenvalue weighted by molar-refractivity contribution is 5.79. The molecule has 2 bridgehead atoms. The number of nitrogens with one attached hydrogen (secondary N) is 1. The van der Waals surface area contributed by atoms with Crippen molar-refractivity contribution in [1.29, 1.82) is 0 Å². The SMILES string of the molecule is C=C(CC[C@H](N)C(=O)O)NCCC(=O)O[C@@H](O)C(=O)OC1=CC[C@@]2(O)[C@H]3Cc4ccc(O)c5c4[C@@]2(CCN3C)[C@H]1O5. The van der Waals surface area contributed by atoms with Gasteiger partial charge in [-0.05, 0) is 57.0 Å². The van der Waals surface area contributed by atoms with Gasteiger partial charge in [-0.15, -0.1) is 0 Å². The van der Waals surface area contributed by atoms with Crippen LogP contribution in [0.4, 0.5) is 0 Å². The van der Waals surface area contributed by atoms with Gasteiger partial charge in [0, 0.05) is 30.3 Å². The van der Waals surface area contributed by atoms with Crippen molar-refractivity contribution in [2.24, 2.45) is 5.73 Å². The number of ether oxygens (including phenoxy) is 3. The minimum atomic E-state index is -2.21. The molecule has 0 aromatic heterocycles. The largest absolute Gasteiger partial charge is 0.504 e. The van der Waals surface area contributed by atoms with Gasteiger partial charge in [0.05, 0.1) is 17.4 Å². The molecule has 1 saturated heterocycles. The van der Waals surface area contributed by atoms with E-state index in [1.165, 1.54) is 0 Å². The number of likely N-dealkylation sites (tertiary alicyclic amines) is 1. The van der Waals surface area contributed by atoms with Gasteiger partial charge in [-0.2, -0.15) is 0 Å². The lowest BCUT2D eigenvalue weighted by molar-refractivity contribution is -0.193. The highest BCUT2D eigenvalue weighted by atomic mass is 16.7. The Bertz CT molecular complexity index is 1310. The number of carbonyl (C=O) groups is 3. The first-order valence-corrected chi connectivity index (χ1v) is 13.5. The van der Waals surface area contributed by atoms with E-state index >= 15 is 0 Å². The molecule has 5 rings (SSSR count). The van der Waals surface area contributed by atoms with Crippen LogP contribution in [0, 0.1) is 0 Å². The Morgan fingerprint density at radius 3 is 2.80 bits per heavy atom. The lowest BCUT2D eigenvalue weighted by Crippen LogP contribution is -2.74. The normalized spacial score (nSPS) is 28.8. The second-order valence-electron chi connectivity index (χ2n) is 11.1. The number of nitrogens with zero attached hydrogens (tertiary/aromatic N) is 1. The molecular formula is C28H35N3O10. The highest BCUT2D eigenvalue weighted by Crippen LogP contribution is 2.65. The summed E-state index contributed by atoms with van der Waals surface area (Å²) in [5, 5.41) is 44.6. The lowest BCUT2D eigenvalue weighted by atomic mass is 9.50. The number of carboxylic acids is 1. The van der Waals surface area contributed by atoms with Crippen LogP contribution in [-0.2, 0) is 35.7 Å². The summed E-state index contributed by atoms with van der Waals surface area (Å²) >= 11 is 0. The molecule has 4 aliphatic rings. The minimum Gasteiger partial charge on any atom is -0.504 e. The lowest BCUT2D eigenvalue weighted by Gasteiger charge is -2.61. The van der Waals surface area contributed by atoms with E-state index < -0.39 is 47.4 Å². The Balaban J connectivity index is 1.22. The van der Waals surface area contributed by atoms with Crippen molar-refractivity contribution < 1.29 is 49.0 Å². The zero-order valence-corrected chi connectivity index (χ0v) is 22.7. The van der Waals surface area contributed by atoms with E-state index in [1.807, 2.05) is 13.1 Å². The first kappa shape index (κ1) is 28.9. The Kier molecular flexibility index (Phi) is 7.49. The fraction of sp³-hybridized carbons (Fsp3) is 0.536. The number of piperidine rings is 1. The molecule has 0 saturated carbocycles. The van der Waals surface area contributed by atoms with E-state index in [0.717, 1.165) is 11.1 Å². The van der Waals surface area contributed by atoms with E-state index in [9.17, 15) is 29.7 Å². The molecule has 1 aromatic rings. The van der Waals surface area contributed by atoms with Crippen molar-refractivity contribution in [3.8, 4) is 11.5 Å². The standard InChI is InChI=1S/C28H35N3O10/c1-14(3-5-16(29)24(34)35)30-11-8-20(33)40-26(37)25(36)39-18-7-9-28(38)19-13-15-4-6-17(32)22-21(15)27(28,23(18)41-22)10-12-31(19)2/h4,6-7,16,19,23,26,30,32,37-38H,1,3,5,8-13,29H2,2H3,(H,34,35)/t16-,19+,23-,26+,27-,28+/m0/s1. The zero-order chi connectivity index (χ0) is 29.7. The smallest absolute Gasteiger partial charge is 0.381 e. The number of benzene rings is 1. The number of aromatic hydroxyl groups is 1. The molecule has 0 amide bonds. The molecule has 2 aliphatic carbocycles. The predicted molar refractivity (Wildman–Crippen MR) is 141 cm³/mol. The number of aliphatic hydroxyl groups is 2. The van der Waals surface area contributed by atoms with Crippen LogP contribution in [0.5, 0.6) is 11.5 Å². The van der Waals surface area contributed by atoms with Gasteiger partial charge in [-0.3, -0.25) is 9.59 Å². The molecule has 41 heavy (non-hydrogen) atoms. The van der Waals surface area contributed by atoms with E-state index in [4.69, 9.17) is 25.1 Å². The van der Waals surface area contributed by atoms with Crippen LogP contribution in [0.3, 0.4) is 0 Å². The molecule has 0 unspecified atom stereocenters. The first-order valence-electron chi connectivity index (χ1n) is 13.5. The number of hydrogen-bond donors (Lipinski definition) is 6. The average molecular weight is 574 g/mol. The number of aliphatic hydroxyl groups excluding tert-OH is 1. The van der Waals surface area contributed by atoms with Crippen molar-refractivity contribution in [2.45, 2.75) is 74.0 Å².